The number of aromatic nitrogens is 1. The van der Waals surface area contributed by atoms with Crippen molar-refractivity contribution in [2.45, 2.75) is 53.4 Å². The number of hydrogen-bond acceptors (Lipinski definition) is 7. The van der Waals surface area contributed by atoms with Gasteiger partial charge in [-0.2, -0.15) is 0 Å². The number of aliphatic carboxylic acids is 2. The highest BCUT2D eigenvalue weighted by Crippen LogP contribution is 2.38. The lowest BCUT2D eigenvalue weighted by Crippen LogP contribution is -2.11. The first-order valence-corrected chi connectivity index (χ1v) is 13.5. The van der Waals surface area contributed by atoms with Crippen LogP contribution in [0.25, 0.3) is 11.6 Å². The van der Waals surface area contributed by atoms with E-state index in [1.807, 2.05) is 39.8 Å². The molecule has 0 unspecified atom stereocenters. The van der Waals surface area contributed by atoms with Crippen molar-refractivity contribution in [3.8, 4) is 0 Å². The van der Waals surface area contributed by atoms with Crippen LogP contribution in [0.5, 0.6) is 0 Å². The monoisotopic (exact) mass is 566 g/mol. The fourth-order valence-electron chi connectivity index (χ4n) is 5.53. The fourth-order valence-corrected chi connectivity index (χ4v) is 5.53. The molecule has 0 spiro atoms. The molecule has 0 amide bonds. The van der Waals surface area contributed by atoms with Gasteiger partial charge in [0, 0.05) is 18.5 Å². The number of hydrogen-bond donors (Lipinski definition) is 4. The van der Waals surface area contributed by atoms with E-state index in [-0.39, 0.29) is 25.7 Å². The smallest absolute Gasteiger partial charge is 0.303 e. The number of fused-ring (bicyclic) bond motifs is 5. The van der Waals surface area contributed by atoms with Crippen molar-refractivity contribution >= 4 is 47.0 Å². The van der Waals surface area contributed by atoms with Gasteiger partial charge in [0.15, 0.2) is 6.29 Å². The average molecular weight is 567 g/mol. The van der Waals surface area contributed by atoms with Crippen molar-refractivity contribution in [1.29, 1.82) is 0 Å². The number of rotatable bonds is 7. The SMILES string of the molecule is CC1=CC2=NC1=C(C=O)c1cc(C)c([nH]1)C=C1N=C(C=C3N=C(C2=CO)C(C)=C3CCC(=O)O)C(CCC(=O)O)=C1C. The first-order chi connectivity index (χ1) is 20.0. The second kappa shape index (κ2) is 11.0. The molecule has 0 aromatic carbocycles. The number of aromatic amines is 1. The molecule has 10 heteroatoms. The van der Waals surface area contributed by atoms with Crippen molar-refractivity contribution in [2.75, 3.05) is 0 Å². The minimum Gasteiger partial charge on any atom is -0.515 e. The third-order valence-electron chi connectivity index (χ3n) is 7.81. The quantitative estimate of drug-likeness (QED) is 0.248. The van der Waals surface area contributed by atoms with Crippen molar-refractivity contribution in [1.82, 2.24) is 4.98 Å². The maximum atomic E-state index is 12.4. The number of allylic oxidation sites excluding steroid dienone is 9. The number of aldehydes is 1. The van der Waals surface area contributed by atoms with E-state index in [2.05, 4.69) is 4.98 Å². The third kappa shape index (κ3) is 5.07. The lowest BCUT2D eigenvalue weighted by molar-refractivity contribution is -0.137. The normalized spacial score (nSPS) is 19.1. The highest BCUT2D eigenvalue weighted by molar-refractivity contribution is 6.35. The number of aliphatic hydroxyl groups is 1. The zero-order valence-corrected chi connectivity index (χ0v) is 23.7. The van der Waals surface area contributed by atoms with E-state index >= 15 is 0 Å². The summed E-state index contributed by atoms with van der Waals surface area (Å²) in [4.78, 5) is 53.1. The molecule has 0 saturated heterocycles. The molecule has 1 aromatic rings. The molecule has 0 aliphatic carbocycles. The first-order valence-electron chi connectivity index (χ1n) is 13.5. The zero-order chi connectivity index (χ0) is 30.3. The molecule has 0 atom stereocenters. The highest BCUT2D eigenvalue weighted by atomic mass is 16.4. The molecule has 8 bridgehead atoms. The van der Waals surface area contributed by atoms with Gasteiger partial charge in [-0.3, -0.25) is 14.4 Å². The Labute approximate surface area is 242 Å². The third-order valence-corrected chi connectivity index (χ3v) is 7.81. The van der Waals surface area contributed by atoms with Crippen LogP contribution in [-0.4, -0.2) is 55.7 Å². The number of carboxylic acids is 2. The molecule has 42 heavy (non-hydrogen) atoms. The van der Waals surface area contributed by atoms with Crippen LogP contribution in [0.15, 0.2) is 90.0 Å². The molecule has 4 N–H and O–H groups in total. The predicted molar refractivity (Wildman–Crippen MR) is 160 cm³/mol. The van der Waals surface area contributed by atoms with Crippen LogP contribution in [-0.2, 0) is 14.4 Å². The standard InChI is InChI=1S/C32H30N4O6/c1-15-9-25-21(13-37)31-16(2)10-26(35-31)22(14-38)32-18(4)20(6-8-30(41)42)28(36-32)12-27-19(5-7-29(39)40)17(3)24(34-27)11-23(15)33-25/h9-14,33,38H,5-8H2,1-4H3,(H,39,40)(H,41,42). The van der Waals surface area contributed by atoms with Gasteiger partial charge in [-0.15, -0.1) is 0 Å². The van der Waals surface area contributed by atoms with Gasteiger partial charge in [-0.25, -0.2) is 15.0 Å². The molecule has 5 heterocycles. The van der Waals surface area contributed by atoms with Gasteiger partial charge in [-0.05, 0) is 98.3 Å². The Hall–Kier alpha value is -5.12. The summed E-state index contributed by atoms with van der Waals surface area (Å²) in [6.45, 7) is 7.44. The molecule has 4 aliphatic heterocycles. The molecule has 10 nitrogen and oxygen atoms in total. The lowest BCUT2D eigenvalue weighted by atomic mass is 9.94. The number of carboxylic acid groups (broad SMARTS) is 2. The Morgan fingerprint density at radius 1 is 0.857 bits per heavy atom. The number of aliphatic imine (C=N–C) groups is 3. The van der Waals surface area contributed by atoms with E-state index < -0.39 is 11.9 Å². The van der Waals surface area contributed by atoms with Gasteiger partial charge >= 0.3 is 11.9 Å². The average Bonchev–Trinajstić information content (AvgIpc) is 3.64. The lowest BCUT2D eigenvalue weighted by Gasteiger charge is -2.08. The van der Waals surface area contributed by atoms with Crippen LogP contribution < -0.4 is 0 Å². The van der Waals surface area contributed by atoms with Crippen LogP contribution in [0.4, 0.5) is 0 Å². The second-order valence-corrected chi connectivity index (χ2v) is 10.5. The van der Waals surface area contributed by atoms with Crippen molar-refractivity contribution in [3.05, 3.63) is 92.0 Å². The summed E-state index contributed by atoms with van der Waals surface area (Å²) < 4.78 is 0. The topological polar surface area (TPSA) is 165 Å². The molecule has 0 saturated carbocycles. The molecule has 0 radical (unpaired) electrons. The van der Waals surface area contributed by atoms with Crippen LogP contribution in [0.1, 0.15) is 63.4 Å². The van der Waals surface area contributed by atoms with Crippen LogP contribution in [0.2, 0.25) is 0 Å². The van der Waals surface area contributed by atoms with Crippen molar-refractivity contribution in [3.63, 3.8) is 0 Å². The van der Waals surface area contributed by atoms with E-state index in [1.165, 1.54) is 0 Å². The Kier molecular flexibility index (Phi) is 7.47. The summed E-state index contributed by atoms with van der Waals surface area (Å²) in [6, 6.07) is 1.87. The second-order valence-electron chi connectivity index (χ2n) is 10.5. The predicted octanol–water partition coefficient (Wildman–Crippen LogP) is 5.59. The maximum Gasteiger partial charge on any atom is 0.303 e. The number of aryl methyl sites for hydroxylation is 1. The molecule has 5 rings (SSSR count). The van der Waals surface area contributed by atoms with Gasteiger partial charge in [-0.1, -0.05) is 0 Å². The Bertz CT molecular complexity index is 1780. The van der Waals surface area contributed by atoms with Crippen LogP contribution in [0, 0.1) is 6.92 Å². The number of carbonyl (C=O) groups excluding carboxylic acids is 1. The molecular weight excluding hydrogens is 536 g/mol. The minimum absolute atomic E-state index is 0.0950. The number of nitrogens with zero attached hydrogens (tertiary/aromatic N) is 3. The summed E-state index contributed by atoms with van der Waals surface area (Å²) in [5.41, 5.74) is 9.47. The molecule has 214 valence electrons. The van der Waals surface area contributed by atoms with Gasteiger partial charge in [0.25, 0.3) is 0 Å². The minimum atomic E-state index is -0.962. The van der Waals surface area contributed by atoms with Gasteiger partial charge in [0.2, 0.25) is 0 Å². The summed E-state index contributed by atoms with van der Waals surface area (Å²) in [5.74, 6) is -1.90. The first kappa shape index (κ1) is 28.4. The number of aliphatic hydroxyl groups excluding tert-OH is 1. The molecule has 1 aromatic heterocycles. The van der Waals surface area contributed by atoms with E-state index in [4.69, 9.17) is 15.0 Å². The van der Waals surface area contributed by atoms with E-state index in [0.717, 1.165) is 40.5 Å². The van der Waals surface area contributed by atoms with Gasteiger partial charge in [0.05, 0.1) is 57.3 Å². The summed E-state index contributed by atoms with van der Waals surface area (Å²) in [6.07, 6.45) is 7.27. The Morgan fingerprint density at radius 3 is 2.19 bits per heavy atom. The zero-order valence-electron chi connectivity index (χ0n) is 23.7. The van der Waals surface area contributed by atoms with Gasteiger partial charge < -0.3 is 20.3 Å². The fraction of sp³-hybridized carbons (Fsp3) is 0.250. The Morgan fingerprint density at radius 2 is 1.55 bits per heavy atom. The number of H-pyrrole nitrogens is 1. The van der Waals surface area contributed by atoms with E-state index in [1.54, 1.807) is 12.2 Å². The molecule has 4 aliphatic rings. The van der Waals surface area contributed by atoms with Crippen LogP contribution >= 0.6 is 0 Å². The number of nitrogens with one attached hydrogen (secondary N) is 1. The van der Waals surface area contributed by atoms with E-state index in [0.29, 0.717) is 62.2 Å². The van der Waals surface area contributed by atoms with Crippen molar-refractivity contribution in [2.24, 2.45) is 15.0 Å². The van der Waals surface area contributed by atoms with Gasteiger partial charge in [0.1, 0.15) is 0 Å². The molecular formula is C32H30N4O6. The maximum absolute atomic E-state index is 12.4. The summed E-state index contributed by atoms with van der Waals surface area (Å²) >= 11 is 0. The summed E-state index contributed by atoms with van der Waals surface area (Å²) in [5, 5.41) is 29.2. The number of carbonyl (C=O) groups is 3. The molecule has 0 fully saturated rings. The largest absolute Gasteiger partial charge is 0.515 e. The highest BCUT2D eigenvalue weighted by Gasteiger charge is 2.30. The summed E-state index contributed by atoms with van der Waals surface area (Å²) in [7, 11) is 0. The van der Waals surface area contributed by atoms with Crippen molar-refractivity contribution < 1.29 is 29.7 Å². The van der Waals surface area contributed by atoms with E-state index in [9.17, 15) is 29.7 Å². The Balaban J connectivity index is 1.81. The van der Waals surface area contributed by atoms with Crippen LogP contribution in [0.3, 0.4) is 0 Å².